The largest absolute Gasteiger partial charge is 0.103 e. The Morgan fingerprint density at radius 2 is 1.80 bits per heavy atom. The molecule has 0 aromatic carbocycles. The first kappa shape index (κ1) is 7.33. The van der Waals surface area contributed by atoms with Crippen molar-refractivity contribution in [2.24, 2.45) is 11.8 Å². The van der Waals surface area contributed by atoms with E-state index in [0.29, 0.717) is 0 Å². The van der Waals surface area contributed by atoms with E-state index >= 15 is 0 Å². The lowest BCUT2D eigenvalue weighted by Gasteiger charge is -2.31. The third-order valence-corrected chi connectivity index (χ3v) is 2.18. The van der Waals surface area contributed by atoms with Crippen molar-refractivity contribution >= 4 is 0 Å². The van der Waals surface area contributed by atoms with Gasteiger partial charge in [-0.25, -0.2) is 0 Å². The molecule has 1 aliphatic rings. The van der Waals surface area contributed by atoms with Crippen LogP contribution in [0.4, 0.5) is 0 Å². The van der Waals surface area contributed by atoms with Crippen molar-refractivity contribution in [2.45, 2.75) is 12.8 Å². The van der Waals surface area contributed by atoms with Crippen LogP contribution in [-0.2, 0) is 0 Å². The van der Waals surface area contributed by atoms with Crippen molar-refractivity contribution < 1.29 is 0 Å². The zero-order valence-corrected chi connectivity index (χ0v) is 6.29. The maximum atomic E-state index is 3.78. The molecule has 0 radical (unpaired) electrons. The molecule has 1 fully saturated rings. The van der Waals surface area contributed by atoms with Gasteiger partial charge in [-0.15, -0.1) is 6.58 Å². The summed E-state index contributed by atoms with van der Waals surface area (Å²) in [5.41, 5.74) is 0. The van der Waals surface area contributed by atoms with Gasteiger partial charge in [0.05, 0.1) is 0 Å². The molecule has 0 nitrogen and oxygen atoms in total. The van der Waals surface area contributed by atoms with Crippen molar-refractivity contribution in [3.05, 3.63) is 37.5 Å². The molecule has 54 valence electrons. The summed E-state index contributed by atoms with van der Waals surface area (Å²) in [5.74, 6) is 1.48. The van der Waals surface area contributed by atoms with Gasteiger partial charge in [-0.05, 0) is 24.7 Å². The minimum Gasteiger partial charge on any atom is -0.103 e. The first-order chi connectivity index (χ1) is 4.88. The first-order valence-corrected chi connectivity index (χ1v) is 3.80. The minimum atomic E-state index is 0.733. The Labute approximate surface area is 62.9 Å². The SMILES string of the molecule is C=C/C=C/C1CCC1C=C. The van der Waals surface area contributed by atoms with Crippen molar-refractivity contribution in [3.63, 3.8) is 0 Å². The Bertz CT molecular complexity index is 153. The van der Waals surface area contributed by atoms with E-state index in [1.165, 1.54) is 12.8 Å². The summed E-state index contributed by atoms with van der Waals surface area (Å²) in [6, 6.07) is 0. The predicted molar refractivity (Wildman–Crippen MR) is 45.7 cm³/mol. The Kier molecular flexibility index (Phi) is 2.49. The molecule has 0 saturated heterocycles. The Hall–Kier alpha value is -0.780. The highest BCUT2D eigenvalue weighted by Gasteiger charge is 2.24. The normalized spacial score (nSPS) is 31.6. The average Bonchev–Trinajstić information content (AvgIpc) is 1.88. The lowest BCUT2D eigenvalue weighted by atomic mass is 9.74. The van der Waals surface area contributed by atoms with Gasteiger partial charge in [0.2, 0.25) is 0 Å². The van der Waals surface area contributed by atoms with E-state index in [0.717, 1.165) is 11.8 Å². The molecule has 0 bridgehead atoms. The zero-order chi connectivity index (χ0) is 7.40. The van der Waals surface area contributed by atoms with Crippen LogP contribution in [0.5, 0.6) is 0 Å². The van der Waals surface area contributed by atoms with Crippen LogP contribution in [-0.4, -0.2) is 0 Å². The maximum Gasteiger partial charge on any atom is -0.0167 e. The Balaban J connectivity index is 2.35. The molecular weight excluding hydrogens is 120 g/mol. The second-order valence-electron chi connectivity index (χ2n) is 2.76. The fourth-order valence-corrected chi connectivity index (χ4v) is 1.30. The van der Waals surface area contributed by atoms with Crippen molar-refractivity contribution in [3.8, 4) is 0 Å². The molecule has 0 heterocycles. The highest BCUT2D eigenvalue weighted by molar-refractivity contribution is 5.07. The van der Waals surface area contributed by atoms with Gasteiger partial charge in [0, 0.05) is 0 Å². The molecule has 1 rings (SSSR count). The molecule has 2 atom stereocenters. The van der Waals surface area contributed by atoms with Gasteiger partial charge in [0.1, 0.15) is 0 Å². The van der Waals surface area contributed by atoms with Crippen LogP contribution in [0.25, 0.3) is 0 Å². The summed E-state index contributed by atoms with van der Waals surface area (Å²) >= 11 is 0. The average molecular weight is 134 g/mol. The van der Waals surface area contributed by atoms with Gasteiger partial charge >= 0.3 is 0 Å². The lowest BCUT2D eigenvalue weighted by molar-refractivity contribution is 0.287. The Morgan fingerprint density at radius 3 is 2.20 bits per heavy atom. The monoisotopic (exact) mass is 134 g/mol. The van der Waals surface area contributed by atoms with Crippen molar-refractivity contribution in [2.75, 3.05) is 0 Å². The minimum absolute atomic E-state index is 0.733. The van der Waals surface area contributed by atoms with Gasteiger partial charge in [-0.1, -0.05) is 30.9 Å². The van der Waals surface area contributed by atoms with Gasteiger partial charge in [-0.3, -0.25) is 0 Å². The van der Waals surface area contributed by atoms with Crippen molar-refractivity contribution in [1.82, 2.24) is 0 Å². The molecule has 1 aliphatic carbocycles. The second kappa shape index (κ2) is 3.40. The summed E-state index contributed by atoms with van der Waals surface area (Å²) in [4.78, 5) is 0. The predicted octanol–water partition coefficient (Wildman–Crippen LogP) is 2.94. The highest BCUT2D eigenvalue weighted by Crippen LogP contribution is 2.35. The summed E-state index contributed by atoms with van der Waals surface area (Å²) in [5, 5.41) is 0. The highest BCUT2D eigenvalue weighted by atomic mass is 14.3. The molecule has 0 aromatic rings. The summed E-state index contributed by atoms with van der Waals surface area (Å²) in [6.07, 6.45) is 10.8. The summed E-state index contributed by atoms with van der Waals surface area (Å²) in [7, 11) is 0. The first-order valence-electron chi connectivity index (χ1n) is 3.80. The standard InChI is InChI=1S/C10H14/c1-3-5-6-10-8-7-9(10)4-2/h3-6,9-10H,1-2,7-8H2/b6-5+. The van der Waals surface area contributed by atoms with Crippen LogP contribution in [0.2, 0.25) is 0 Å². The van der Waals surface area contributed by atoms with Crippen LogP contribution >= 0.6 is 0 Å². The van der Waals surface area contributed by atoms with Crippen LogP contribution in [0.15, 0.2) is 37.5 Å². The van der Waals surface area contributed by atoms with E-state index < -0.39 is 0 Å². The van der Waals surface area contributed by atoms with Gasteiger partial charge in [0.25, 0.3) is 0 Å². The van der Waals surface area contributed by atoms with E-state index in [4.69, 9.17) is 0 Å². The number of hydrogen-bond acceptors (Lipinski definition) is 0. The molecular formula is C10H14. The zero-order valence-electron chi connectivity index (χ0n) is 6.29. The molecule has 2 unspecified atom stereocenters. The van der Waals surface area contributed by atoms with E-state index in [2.05, 4.69) is 25.3 Å². The summed E-state index contributed by atoms with van der Waals surface area (Å²) < 4.78 is 0. The van der Waals surface area contributed by atoms with Gasteiger partial charge in [0.15, 0.2) is 0 Å². The Morgan fingerprint density at radius 1 is 1.10 bits per heavy atom. The molecule has 10 heavy (non-hydrogen) atoms. The number of rotatable bonds is 3. The molecule has 0 N–H and O–H groups in total. The third-order valence-electron chi connectivity index (χ3n) is 2.18. The topological polar surface area (TPSA) is 0 Å². The van der Waals surface area contributed by atoms with Crippen LogP contribution in [0, 0.1) is 11.8 Å². The second-order valence-corrected chi connectivity index (χ2v) is 2.76. The number of hydrogen-bond donors (Lipinski definition) is 0. The maximum absolute atomic E-state index is 3.78. The van der Waals surface area contributed by atoms with Crippen LogP contribution < -0.4 is 0 Å². The molecule has 0 heteroatoms. The quantitative estimate of drug-likeness (QED) is 0.411. The van der Waals surface area contributed by atoms with Crippen LogP contribution in [0.3, 0.4) is 0 Å². The van der Waals surface area contributed by atoms with E-state index in [1.807, 2.05) is 12.2 Å². The fraction of sp³-hybridized carbons (Fsp3) is 0.400. The number of allylic oxidation sites excluding steroid dienone is 4. The van der Waals surface area contributed by atoms with Gasteiger partial charge in [-0.2, -0.15) is 0 Å². The molecule has 0 aromatic heterocycles. The van der Waals surface area contributed by atoms with Crippen LogP contribution in [0.1, 0.15) is 12.8 Å². The molecule has 0 amide bonds. The lowest BCUT2D eigenvalue weighted by Crippen LogP contribution is -2.21. The fourth-order valence-electron chi connectivity index (χ4n) is 1.30. The smallest absolute Gasteiger partial charge is 0.0167 e. The summed E-state index contributed by atoms with van der Waals surface area (Å²) in [6.45, 7) is 7.41. The molecule has 0 spiro atoms. The molecule has 1 saturated carbocycles. The van der Waals surface area contributed by atoms with E-state index in [9.17, 15) is 0 Å². The van der Waals surface area contributed by atoms with E-state index in [-0.39, 0.29) is 0 Å². The van der Waals surface area contributed by atoms with Crippen molar-refractivity contribution in [1.29, 1.82) is 0 Å². The third kappa shape index (κ3) is 1.38. The van der Waals surface area contributed by atoms with E-state index in [1.54, 1.807) is 0 Å². The molecule has 0 aliphatic heterocycles. The van der Waals surface area contributed by atoms with Gasteiger partial charge < -0.3 is 0 Å².